The Labute approximate surface area is 220 Å². The average molecular weight is 552 g/mol. The van der Waals surface area contributed by atoms with Crippen molar-refractivity contribution in [3.8, 4) is 0 Å². The van der Waals surface area contributed by atoms with Crippen LogP contribution < -0.4 is 10.2 Å². The molecule has 38 heavy (non-hydrogen) atoms. The minimum Gasteiger partial charge on any atom is -0.371 e. The number of amides is 1. The van der Waals surface area contributed by atoms with Gasteiger partial charge in [0.05, 0.1) is 15.9 Å². The van der Waals surface area contributed by atoms with Gasteiger partial charge in [-0.1, -0.05) is 0 Å². The highest BCUT2D eigenvalue weighted by molar-refractivity contribution is 7.89. The van der Waals surface area contributed by atoms with Crippen LogP contribution in [0.25, 0.3) is 0 Å². The molecule has 1 aromatic carbocycles. The summed E-state index contributed by atoms with van der Waals surface area (Å²) >= 11 is 0. The fourth-order valence-corrected chi connectivity index (χ4v) is 7.20. The lowest BCUT2D eigenvalue weighted by molar-refractivity contribution is -0.138. The summed E-state index contributed by atoms with van der Waals surface area (Å²) < 4.78 is 66.1. The first kappa shape index (κ1) is 26.7. The first-order chi connectivity index (χ1) is 18.0. The van der Waals surface area contributed by atoms with Gasteiger partial charge in [0.2, 0.25) is 15.9 Å². The highest BCUT2D eigenvalue weighted by atomic mass is 32.2. The molecule has 0 radical (unpaired) electrons. The van der Waals surface area contributed by atoms with E-state index in [0.29, 0.717) is 31.7 Å². The summed E-state index contributed by atoms with van der Waals surface area (Å²) in [5.74, 6) is 0.580. The van der Waals surface area contributed by atoms with Crippen molar-refractivity contribution in [1.29, 1.82) is 0 Å². The van der Waals surface area contributed by atoms with Gasteiger partial charge in [-0.15, -0.1) is 0 Å². The number of aromatic nitrogens is 1. The van der Waals surface area contributed by atoms with Crippen molar-refractivity contribution in [1.82, 2.24) is 14.2 Å². The third-order valence-corrected chi connectivity index (χ3v) is 10.1. The molecule has 3 aliphatic heterocycles. The fraction of sp³-hybridized carbons (Fsp3) is 0.538. The molecular formula is C26H32F3N5O3S. The second kappa shape index (κ2) is 10.0. The van der Waals surface area contributed by atoms with E-state index in [2.05, 4.69) is 15.2 Å². The van der Waals surface area contributed by atoms with E-state index >= 15 is 0 Å². The number of hydrogen-bond donors (Lipinski definition) is 1. The van der Waals surface area contributed by atoms with Crippen LogP contribution >= 0.6 is 0 Å². The molecule has 0 atom stereocenters. The molecule has 0 unspecified atom stereocenters. The molecule has 0 saturated carbocycles. The lowest BCUT2D eigenvalue weighted by Crippen LogP contribution is -2.44. The number of anilines is 2. The Morgan fingerprint density at radius 3 is 2.11 bits per heavy atom. The van der Waals surface area contributed by atoms with E-state index in [-0.39, 0.29) is 22.3 Å². The molecule has 1 aromatic heterocycles. The minimum atomic E-state index is -4.44. The van der Waals surface area contributed by atoms with Gasteiger partial charge < -0.3 is 15.1 Å². The number of nitrogens with one attached hydrogen (secondary N) is 1. The number of halogens is 3. The van der Waals surface area contributed by atoms with Gasteiger partial charge in [0.1, 0.15) is 5.82 Å². The first-order valence-corrected chi connectivity index (χ1v) is 14.3. The fourth-order valence-electron chi connectivity index (χ4n) is 5.73. The number of carbonyl (C=O) groups is 1. The summed E-state index contributed by atoms with van der Waals surface area (Å²) in [4.78, 5) is 20.7. The molecule has 3 fully saturated rings. The molecule has 0 aliphatic carbocycles. The predicted molar refractivity (Wildman–Crippen MR) is 137 cm³/mol. The number of carbonyl (C=O) groups excluding carboxylic acids is 1. The minimum absolute atomic E-state index is 0.0815. The van der Waals surface area contributed by atoms with E-state index in [1.165, 1.54) is 10.4 Å². The smallest absolute Gasteiger partial charge is 0.371 e. The number of likely N-dealkylation sites (tertiary alicyclic amines) is 1. The largest absolute Gasteiger partial charge is 0.417 e. The Morgan fingerprint density at radius 2 is 1.58 bits per heavy atom. The van der Waals surface area contributed by atoms with E-state index in [9.17, 15) is 26.4 Å². The lowest BCUT2D eigenvalue weighted by Gasteiger charge is -2.39. The topological polar surface area (TPSA) is 85.8 Å². The average Bonchev–Trinajstić information content (AvgIpc) is 3.18. The number of benzene rings is 1. The molecule has 0 bridgehead atoms. The van der Waals surface area contributed by atoms with Crippen molar-refractivity contribution in [2.75, 3.05) is 50.0 Å². The zero-order valence-corrected chi connectivity index (χ0v) is 22.1. The van der Waals surface area contributed by atoms with Gasteiger partial charge in [0, 0.05) is 57.7 Å². The maximum Gasteiger partial charge on any atom is 0.417 e. The van der Waals surface area contributed by atoms with E-state index in [4.69, 9.17) is 0 Å². The van der Waals surface area contributed by atoms with E-state index in [1.807, 2.05) is 24.1 Å². The van der Waals surface area contributed by atoms with Gasteiger partial charge in [0.15, 0.2) is 0 Å². The van der Waals surface area contributed by atoms with E-state index in [0.717, 1.165) is 56.8 Å². The standard InChI is InChI=1S/C26H32F3N5O3S/c1-32-15-10-25(24(32)35)11-16-33(17-12-25)21-3-5-22(6-4-21)38(36,37)34-13-8-20(9-14-34)31-23-7-2-19(18-30-23)26(27,28)29/h2-7,18,20H,8-17H2,1H3,(H,30,31). The molecule has 1 amide bonds. The number of nitrogens with zero attached hydrogens (tertiary/aromatic N) is 4. The molecule has 3 aliphatic rings. The number of pyridine rings is 1. The van der Waals surface area contributed by atoms with Crippen molar-refractivity contribution in [3.63, 3.8) is 0 Å². The maximum atomic E-state index is 13.2. The van der Waals surface area contributed by atoms with Crippen LogP contribution in [0.3, 0.4) is 0 Å². The molecule has 1 spiro atoms. The second-order valence-electron chi connectivity index (χ2n) is 10.5. The molecule has 1 N–H and O–H groups in total. The molecule has 12 heteroatoms. The first-order valence-electron chi connectivity index (χ1n) is 12.9. The third-order valence-electron chi connectivity index (χ3n) is 8.18. The number of rotatable bonds is 5. The van der Waals surface area contributed by atoms with Gasteiger partial charge in [0.25, 0.3) is 0 Å². The van der Waals surface area contributed by atoms with Crippen LogP contribution in [-0.2, 0) is 21.0 Å². The summed E-state index contributed by atoms with van der Waals surface area (Å²) in [5, 5.41) is 3.11. The number of piperidine rings is 2. The summed E-state index contributed by atoms with van der Waals surface area (Å²) in [5.41, 5.74) is -0.0987. The zero-order valence-electron chi connectivity index (χ0n) is 21.2. The molecule has 5 rings (SSSR count). The van der Waals surface area contributed by atoms with Crippen LogP contribution in [0.15, 0.2) is 47.5 Å². The van der Waals surface area contributed by atoms with Crippen molar-refractivity contribution in [2.45, 2.75) is 49.2 Å². The third kappa shape index (κ3) is 5.20. The van der Waals surface area contributed by atoms with E-state index in [1.54, 1.807) is 12.1 Å². The molecular weight excluding hydrogens is 519 g/mol. The highest BCUT2D eigenvalue weighted by Gasteiger charge is 2.47. The molecule has 8 nitrogen and oxygen atoms in total. The Balaban J connectivity index is 1.15. The molecule has 4 heterocycles. The van der Waals surface area contributed by atoms with Crippen LogP contribution in [0.2, 0.25) is 0 Å². The van der Waals surface area contributed by atoms with Crippen LogP contribution in [0.5, 0.6) is 0 Å². The maximum absolute atomic E-state index is 13.2. The van der Waals surface area contributed by atoms with Gasteiger partial charge in [-0.05, 0) is 68.5 Å². The van der Waals surface area contributed by atoms with Gasteiger partial charge >= 0.3 is 6.18 Å². The van der Waals surface area contributed by atoms with Crippen molar-refractivity contribution < 1.29 is 26.4 Å². The molecule has 3 saturated heterocycles. The highest BCUT2D eigenvalue weighted by Crippen LogP contribution is 2.42. The predicted octanol–water partition coefficient (Wildman–Crippen LogP) is 3.81. The second-order valence-corrected chi connectivity index (χ2v) is 12.4. The monoisotopic (exact) mass is 551 g/mol. The molecule has 2 aromatic rings. The quantitative estimate of drug-likeness (QED) is 0.609. The zero-order chi connectivity index (χ0) is 27.1. The van der Waals surface area contributed by atoms with Gasteiger partial charge in [-0.25, -0.2) is 13.4 Å². The van der Waals surface area contributed by atoms with Gasteiger partial charge in [-0.3, -0.25) is 4.79 Å². The van der Waals surface area contributed by atoms with Crippen molar-refractivity contribution >= 4 is 27.4 Å². The Bertz CT molecular complexity index is 1250. The SMILES string of the molecule is CN1CCC2(CCN(c3ccc(S(=O)(=O)N4CCC(Nc5ccc(C(F)(F)F)cn5)CC4)cc3)CC2)C1=O. The summed E-state index contributed by atoms with van der Waals surface area (Å²) in [6.45, 7) is 2.95. The number of hydrogen-bond acceptors (Lipinski definition) is 6. The summed E-state index contributed by atoms with van der Waals surface area (Å²) in [7, 11) is -1.80. The van der Waals surface area contributed by atoms with Crippen molar-refractivity contribution in [3.05, 3.63) is 48.2 Å². The Morgan fingerprint density at radius 1 is 0.947 bits per heavy atom. The normalized spacial score (nSPS) is 21.3. The molecule has 206 valence electrons. The summed E-state index contributed by atoms with van der Waals surface area (Å²) in [6, 6.07) is 9.13. The Hall–Kier alpha value is -2.86. The lowest BCUT2D eigenvalue weighted by atomic mass is 9.77. The number of sulfonamides is 1. The van der Waals surface area contributed by atoms with Crippen LogP contribution in [0.4, 0.5) is 24.7 Å². The van der Waals surface area contributed by atoms with Crippen LogP contribution in [0.1, 0.15) is 37.7 Å². The number of alkyl halides is 3. The van der Waals surface area contributed by atoms with Crippen LogP contribution in [0, 0.1) is 5.41 Å². The summed E-state index contributed by atoms with van der Waals surface area (Å²) in [6.07, 6.45) is -0.0939. The van der Waals surface area contributed by atoms with E-state index < -0.39 is 21.8 Å². The van der Waals surface area contributed by atoms with Gasteiger partial charge in [-0.2, -0.15) is 17.5 Å². The van der Waals surface area contributed by atoms with Crippen molar-refractivity contribution in [2.24, 2.45) is 5.41 Å². The Kier molecular flexibility index (Phi) is 7.06. The van der Waals surface area contributed by atoms with Crippen LogP contribution in [-0.4, -0.2) is 74.3 Å².